The minimum absolute atomic E-state index is 0.355. The van der Waals surface area contributed by atoms with Crippen LogP contribution in [0, 0.1) is 5.41 Å². The topological polar surface area (TPSA) is 101 Å². The molecule has 184 valence electrons. The fraction of sp³-hybridized carbons (Fsp3) is 0.148. The third-order valence-corrected chi connectivity index (χ3v) is 6.60. The Labute approximate surface area is 217 Å². The van der Waals surface area contributed by atoms with Crippen LogP contribution in [0.4, 0.5) is 16.2 Å². The zero-order chi connectivity index (χ0) is 25.7. The van der Waals surface area contributed by atoms with E-state index in [1.54, 1.807) is 50.4 Å². The normalized spacial score (nSPS) is 11.1. The monoisotopic (exact) mass is 521 g/mol. The van der Waals surface area contributed by atoms with Crippen LogP contribution in [0.5, 0.6) is 11.5 Å². The zero-order valence-electron chi connectivity index (χ0n) is 19.6. The molecule has 9 heteroatoms. The van der Waals surface area contributed by atoms with Crippen molar-refractivity contribution >= 4 is 46.3 Å². The van der Waals surface area contributed by atoms with E-state index in [1.165, 1.54) is 11.3 Å². The highest BCUT2D eigenvalue weighted by Gasteiger charge is 2.28. The van der Waals surface area contributed by atoms with Crippen molar-refractivity contribution in [3.05, 3.63) is 89.0 Å². The molecule has 1 aromatic heterocycles. The van der Waals surface area contributed by atoms with Gasteiger partial charge < -0.3 is 20.5 Å². The minimum Gasteiger partial charge on any atom is -0.481 e. The fourth-order valence-electron chi connectivity index (χ4n) is 3.28. The maximum absolute atomic E-state index is 12.7. The van der Waals surface area contributed by atoms with E-state index >= 15 is 0 Å². The summed E-state index contributed by atoms with van der Waals surface area (Å²) in [5, 5.41) is 16.2. The second kappa shape index (κ2) is 10.8. The van der Waals surface area contributed by atoms with Gasteiger partial charge in [-0.15, -0.1) is 11.3 Å². The number of benzene rings is 3. The number of carboxylic acids is 1. The Morgan fingerprint density at radius 3 is 2.44 bits per heavy atom. The molecule has 2 amide bonds. The molecule has 0 saturated carbocycles. The summed E-state index contributed by atoms with van der Waals surface area (Å²) in [6, 6.07) is 21.1. The number of rotatable bonds is 8. The first kappa shape index (κ1) is 25.2. The number of para-hydroxylation sites is 1. The number of carbonyl (C=O) groups excluding carboxylic acids is 1. The number of ether oxygens (including phenoxy) is 1. The number of thiazole rings is 1. The Balaban J connectivity index is 1.40. The van der Waals surface area contributed by atoms with Crippen molar-refractivity contribution in [3.63, 3.8) is 0 Å². The van der Waals surface area contributed by atoms with E-state index in [0.29, 0.717) is 34.3 Å². The summed E-state index contributed by atoms with van der Waals surface area (Å²) in [5.74, 6) is 0.188. The van der Waals surface area contributed by atoms with Gasteiger partial charge in [-0.25, -0.2) is 9.78 Å². The first-order valence-corrected chi connectivity index (χ1v) is 12.3. The van der Waals surface area contributed by atoms with Crippen LogP contribution in [0.3, 0.4) is 0 Å². The van der Waals surface area contributed by atoms with Gasteiger partial charge >= 0.3 is 12.0 Å². The Bertz CT molecular complexity index is 1370. The Kier molecular flexibility index (Phi) is 7.57. The number of urea groups is 1. The molecule has 0 radical (unpaired) electrons. The van der Waals surface area contributed by atoms with Gasteiger partial charge in [-0.05, 0) is 55.8 Å². The summed E-state index contributed by atoms with van der Waals surface area (Å²) in [5.41, 5.74) is 1.12. The number of aliphatic carboxylic acids is 1. The number of hydrogen-bond donors (Lipinski definition) is 3. The average molecular weight is 522 g/mol. The summed E-state index contributed by atoms with van der Waals surface area (Å²) >= 11 is 7.58. The minimum atomic E-state index is -0.883. The Morgan fingerprint density at radius 1 is 1.03 bits per heavy atom. The van der Waals surface area contributed by atoms with Gasteiger partial charge in [0.25, 0.3) is 0 Å². The summed E-state index contributed by atoms with van der Waals surface area (Å²) in [6.07, 6.45) is 2.09. The zero-order valence-corrected chi connectivity index (χ0v) is 21.2. The highest BCUT2D eigenvalue weighted by Crippen LogP contribution is 2.33. The van der Waals surface area contributed by atoms with E-state index in [0.717, 1.165) is 15.4 Å². The number of carbonyl (C=O) groups is 2. The number of anilines is 2. The molecular weight excluding hydrogens is 498 g/mol. The van der Waals surface area contributed by atoms with Crippen molar-refractivity contribution in [2.45, 2.75) is 20.3 Å². The van der Waals surface area contributed by atoms with Gasteiger partial charge in [-0.3, -0.25) is 4.79 Å². The molecule has 36 heavy (non-hydrogen) atoms. The molecule has 0 fully saturated rings. The molecule has 0 aliphatic heterocycles. The molecule has 7 nitrogen and oxygen atoms in total. The maximum atomic E-state index is 12.7. The molecule has 0 saturated heterocycles. The molecule has 0 spiro atoms. The van der Waals surface area contributed by atoms with Crippen LogP contribution in [-0.2, 0) is 11.2 Å². The van der Waals surface area contributed by atoms with Crippen LogP contribution in [0.1, 0.15) is 18.9 Å². The van der Waals surface area contributed by atoms with Gasteiger partial charge in [-0.1, -0.05) is 41.9 Å². The summed E-state index contributed by atoms with van der Waals surface area (Å²) in [7, 11) is 0. The van der Waals surface area contributed by atoms with Crippen LogP contribution in [0.25, 0.3) is 10.4 Å². The lowest BCUT2D eigenvalue weighted by Gasteiger charge is -2.16. The first-order valence-electron chi connectivity index (χ1n) is 11.1. The van der Waals surface area contributed by atoms with Crippen LogP contribution < -0.4 is 15.4 Å². The van der Waals surface area contributed by atoms with E-state index in [1.807, 2.05) is 42.5 Å². The Hall–Kier alpha value is -3.88. The highest BCUT2D eigenvalue weighted by atomic mass is 35.5. The Morgan fingerprint density at radius 2 is 1.75 bits per heavy atom. The highest BCUT2D eigenvalue weighted by molar-refractivity contribution is 7.15. The molecule has 0 aliphatic carbocycles. The van der Waals surface area contributed by atoms with Gasteiger partial charge in [-0.2, -0.15) is 0 Å². The van der Waals surface area contributed by atoms with E-state index in [-0.39, 0.29) is 0 Å². The second-order valence-electron chi connectivity index (χ2n) is 8.70. The van der Waals surface area contributed by atoms with Crippen LogP contribution >= 0.6 is 22.9 Å². The molecule has 1 heterocycles. The van der Waals surface area contributed by atoms with Gasteiger partial charge in [0, 0.05) is 29.4 Å². The van der Waals surface area contributed by atoms with Crippen molar-refractivity contribution in [3.8, 4) is 21.9 Å². The number of nitrogens with zero attached hydrogens (tertiary/aromatic N) is 1. The third-order valence-electron chi connectivity index (χ3n) is 5.32. The summed E-state index contributed by atoms with van der Waals surface area (Å²) < 4.78 is 5.89. The quantitative estimate of drug-likeness (QED) is 0.222. The lowest BCUT2D eigenvalue weighted by atomic mass is 9.90. The average Bonchev–Trinajstić information content (AvgIpc) is 3.29. The predicted molar refractivity (Wildman–Crippen MR) is 143 cm³/mol. The largest absolute Gasteiger partial charge is 0.481 e. The lowest BCUT2D eigenvalue weighted by Crippen LogP contribution is -2.26. The second-order valence-corrected chi connectivity index (χ2v) is 10.2. The van der Waals surface area contributed by atoms with Crippen molar-refractivity contribution in [1.29, 1.82) is 0 Å². The molecule has 0 aliphatic rings. The van der Waals surface area contributed by atoms with Gasteiger partial charge in [0.2, 0.25) is 0 Å². The van der Waals surface area contributed by atoms with Gasteiger partial charge in [0.1, 0.15) is 5.75 Å². The first-order chi connectivity index (χ1) is 17.2. The standard InChI is InChI=1S/C27H24ClN3O4S/c1-27(2,25(32)33)15-24-29-16-23(36-24)17-8-11-19(12-9-17)30-26(34)31-21-13-10-18(28)14-22(21)35-20-6-4-3-5-7-20/h3-14,16H,15H2,1-2H3,(H,32,33)(H2,30,31,34). The maximum Gasteiger partial charge on any atom is 0.323 e. The molecule has 4 aromatic rings. The van der Waals surface area contributed by atoms with Crippen LogP contribution in [0.2, 0.25) is 5.02 Å². The number of nitrogens with one attached hydrogen (secondary N) is 2. The molecule has 0 atom stereocenters. The van der Waals surface area contributed by atoms with Crippen molar-refractivity contribution < 1.29 is 19.4 Å². The van der Waals surface area contributed by atoms with Crippen LogP contribution in [-0.4, -0.2) is 22.1 Å². The number of hydrogen-bond acceptors (Lipinski definition) is 5. The third kappa shape index (κ3) is 6.41. The smallest absolute Gasteiger partial charge is 0.323 e. The van der Waals surface area contributed by atoms with E-state index < -0.39 is 17.4 Å². The van der Waals surface area contributed by atoms with Gasteiger partial charge in [0.05, 0.1) is 21.0 Å². The van der Waals surface area contributed by atoms with Crippen molar-refractivity contribution in [2.24, 2.45) is 5.41 Å². The van der Waals surface area contributed by atoms with Crippen molar-refractivity contribution in [1.82, 2.24) is 4.98 Å². The molecular formula is C27H24ClN3O4S. The van der Waals surface area contributed by atoms with E-state index in [4.69, 9.17) is 16.3 Å². The summed E-state index contributed by atoms with van der Waals surface area (Å²) in [4.78, 5) is 29.3. The van der Waals surface area contributed by atoms with E-state index in [9.17, 15) is 14.7 Å². The van der Waals surface area contributed by atoms with Crippen LogP contribution in [0.15, 0.2) is 79.0 Å². The number of carboxylic acid groups (broad SMARTS) is 1. The van der Waals surface area contributed by atoms with E-state index in [2.05, 4.69) is 15.6 Å². The fourth-order valence-corrected chi connectivity index (χ4v) is 4.59. The predicted octanol–water partition coefficient (Wildman–Crippen LogP) is 7.55. The molecule has 4 rings (SSSR count). The molecule has 0 bridgehead atoms. The van der Waals surface area contributed by atoms with Crippen molar-refractivity contribution in [2.75, 3.05) is 10.6 Å². The molecule has 0 unspecified atom stereocenters. The van der Waals surface area contributed by atoms with Gasteiger partial charge in [0.15, 0.2) is 5.75 Å². The number of amides is 2. The lowest BCUT2D eigenvalue weighted by molar-refractivity contribution is -0.146. The SMILES string of the molecule is CC(C)(Cc1ncc(-c2ccc(NC(=O)Nc3ccc(Cl)cc3Oc3ccccc3)cc2)s1)C(=O)O. The molecule has 3 aromatic carbocycles. The number of halogens is 1. The number of aromatic nitrogens is 1. The molecule has 3 N–H and O–H groups in total. The summed E-state index contributed by atoms with van der Waals surface area (Å²) in [6.45, 7) is 3.37.